The summed E-state index contributed by atoms with van der Waals surface area (Å²) in [5.41, 5.74) is 3.82. The van der Waals surface area contributed by atoms with Crippen LogP contribution in [0.4, 0.5) is 0 Å². The molecule has 0 saturated carbocycles. The maximum atomic E-state index is 12.6. The van der Waals surface area contributed by atoms with E-state index in [-0.39, 0.29) is 6.42 Å². The standard InChI is InChI=1S/C22H28N4O13/c1-3-4-8(20(33)34)24-18(32)10-7-9(27)12(29)21(37-10)39-16(17(23)31)15-14(36-2)13(30)19(38-15)26-6-5-11(28)25-22(26)35/h3,5-9,12-16,19,21,27,29-30H,1,4H2,2H3,(H2,23,31)(H,24,32)(H,33,34)(H,25,28,35). The molecule has 1 aromatic heterocycles. The maximum absolute atomic E-state index is 12.6. The smallest absolute Gasteiger partial charge is 0.330 e. The largest absolute Gasteiger partial charge is 0.480 e. The predicted molar refractivity (Wildman–Crippen MR) is 125 cm³/mol. The lowest BCUT2D eigenvalue weighted by molar-refractivity contribution is -0.241. The number of carbonyl (C=O) groups is 3. The van der Waals surface area contributed by atoms with Gasteiger partial charge in [-0.2, -0.15) is 0 Å². The third-order valence-electron chi connectivity index (χ3n) is 5.93. The number of rotatable bonds is 11. The molecule has 1 saturated heterocycles. The van der Waals surface area contributed by atoms with E-state index in [1.165, 1.54) is 6.08 Å². The zero-order valence-corrected chi connectivity index (χ0v) is 20.4. The van der Waals surface area contributed by atoms with Crippen LogP contribution in [-0.4, -0.2) is 104 Å². The fourth-order valence-electron chi connectivity index (χ4n) is 4.01. The minimum Gasteiger partial charge on any atom is -0.480 e. The fraction of sp³-hybridized carbons (Fsp3) is 0.500. The average Bonchev–Trinajstić information content (AvgIpc) is 3.19. The van der Waals surface area contributed by atoms with Crippen molar-refractivity contribution in [1.82, 2.24) is 14.9 Å². The number of carboxylic acids is 1. The number of aliphatic hydroxyl groups excluding tert-OH is 3. The van der Waals surface area contributed by atoms with Gasteiger partial charge in [-0.15, -0.1) is 6.58 Å². The minimum absolute atomic E-state index is 0.136. The Morgan fingerprint density at radius 1 is 1.28 bits per heavy atom. The van der Waals surface area contributed by atoms with Gasteiger partial charge in [0.05, 0.1) is 0 Å². The summed E-state index contributed by atoms with van der Waals surface area (Å²) in [5, 5.41) is 42.8. The molecular formula is C22H28N4O13. The molecule has 2 aliphatic heterocycles. The van der Waals surface area contributed by atoms with Crippen molar-refractivity contribution >= 4 is 17.8 Å². The van der Waals surface area contributed by atoms with Crippen molar-refractivity contribution in [2.75, 3.05) is 7.11 Å². The van der Waals surface area contributed by atoms with Gasteiger partial charge < -0.3 is 50.4 Å². The van der Waals surface area contributed by atoms with Crippen LogP contribution in [0.1, 0.15) is 12.6 Å². The number of aliphatic carboxylic acids is 1. The molecule has 9 atom stereocenters. The first-order valence-electron chi connectivity index (χ1n) is 11.4. The Hall–Kier alpha value is -3.87. The zero-order valence-electron chi connectivity index (χ0n) is 20.4. The van der Waals surface area contributed by atoms with Crippen molar-refractivity contribution < 1.29 is 53.8 Å². The summed E-state index contributed by atoms with van der Waals surface area (Å²) in [4.78, 5) is 61.9. The molecule has 3 rings (SSSR count). The summed E-state index contributed by atoms with van der Waals surface area (Å²) in [7, 11) is 1.16. The predicted octanol–water partition coefficient (Wildman–Crippen LogP) is -4.21. The number of hydrogen-bond donors (Lipinski definition) is 7. The quantitative estimate of drug-likeness (QED) is 0.128. The van der Waals surface area contributed by atoms with E-state index in [1.807, 2.05) is 4.98 Å². The molecule has 0 aliphatic carbocycles. The second-order valence-corrected chi connectivity index (χ2v) is 8.55. The van der Waals surface area contributed by atoms with E-state index in [2.05, 4.69) is 11.9 Å². The van der Waals surface area contributed by atoms with Crippen LogP contribution in [0.5, 0.6) is 0 Å². The van der Waals surface area contributed by atoms with Crippen LogP contribution in [0.25, 0.3) is 0 Å². The van der Waals surface area contributed by atoms with E-state index in [4.69, 9.17) is 24.7 Å². The molecule has 39 heavy (non-hydrogen) atoms. The Bertz CT molecular complexity index is 1240. The van der Waals surface area contributed by atoms with Crippen LogP contribution in [-0.2, 0) is 33.3 Å². The monoisotopic (exact) mass is 556 g/mol. The second kappa shape index (κ2) is 12.3. The molecule has 17 nitrogen and oxygen atoms in total. The van der Waals surface area contributed by atoms with E-state index in [0.29, 0.717) is 0 Å². The SMILES string of the molecule is C=CCC(NC(=O)C1=CC(O)C(O)C(OC(C(N)=O)C2OC(n3ccc(=O)[nH]c3=O)C(O)C2OC)O1)C(=O)O. The molecule has 0 radical (unpaired) electrons. The molecule has 0 spiro atoms. The lowest BCUT2D eigenvalue weighted by Gasteiger charge is -2.35. The molecule has 2 amide bonds. The summed E-state index contributed by atoms with van der Waals surface area (Å²) < 4.78 is 22.5. The molecule has 214 valence electrons. The van der Waals surface area contributed by atoms with E-state index in [9.17, 15) is 44.4 Å². The van der Waals surface area contributed by atoms with Gasteiger partial charge >= 0.3 is 11.7 Å². The summed E-state index contributed by atoms with van der Waals surface area (Å²) in [6.07, 6.45) is -10.4. The van der Waals surface area contributed by atoms with Gasteiger partial charge in [0.1, 0.15) is 36.6 Å². The van der Waals surface area contributed by atoms with Crippen molar-refractivity contribution in [3.8, 4) is 0 Å². The Morgan fingerprint density at radius 2 is 1.97 bits per heavy atom. The summed E-state index contributed by atoms with van der Waals surface area (Å²) in [5.74, 6) is -4.30. The van der Waals surface area contributed by atoms with Crippen molar-refractivity contribution in [2.45, 2.75) is 61.6 Å². The highest BCUT2D eigenvalue weighted by Crippen LogP contribution is 2.34. The van der Waals surface area contributed by atoms with Crippen molar-refractivity contribution in [2.24, 2.45) is 5.73 Å². The number of carbonyl (C=O) groups excluding carboxylic acids is 2. The Kier molecular flexibility index (Phi) is 9.38. The fourth-order valence-corrected chi connectivity index (χ4v) is 4.01. The van der Waals surface area contributed by atoms with Gasteiger partial charge in [0.15, 0.2) is 18.1 Å². The number of methoxy groups -OCH3 is 1. The first-order chi connectivity index (χ1) is 18.4. The molecule has 0 aromatic carbocycles. The van der Waals surface area contributed by atoms with Gasteiger partial charge in [-0.3, -0.25) is 23.9 Å². The molecule has 9 unspecified atom stereocenters. The second-order valence-electron chi connectivity index (χ2n) is 8.55. The molecular weight excluding hydrogens is 528 g/mol. The van der Waals surface area contributed by atoms with Crippen LogP contribution in [0, 0.1) is 0 Å². The highest BCUT2D eigenvalue weighted by Gasteiger charge is 2.52. The minimum atomic E-state index is -1.92. The van der Waals surface area contributed by atoms with Gasteiger partial charge in [0, 0.05) is 19.4 Å². The Morgan fingerprint density at radius 3 is 2.54 bits per heavy atom. The third kappa shape index (κ3) is 6.41. The van der Waals surface area contributed by atoms with E-state index < -0.39 is 90.0 Å². The summed E-state index contributed by atoms with van der Waals surface area (Å²) >= 11 is 0. The molecule has 0 bridgehead atoms. The number of aromatic nitrogens is 2. The van der Waals surface area contributed by atoms with E-state index in [0.717, 1.165) is 30.0 Å². The van der Waals surface area contributed by atoms with Gasteiger partial charge in [-0.1, -0.05) is 6.08 Å². The van der Waals surface area contributed by atoms with Crippen LogP contribution >= 0.6 is 0 Å². The first-order valence-corrected chi connectivity index (χ1v) is 11.4. The summed E-state index contributed by atoms with van der Waals surface area (Å²) in [6.45, 7) is 3.40. The number of primary amides is 1. The average molecular weight is 556 g/mol. The van der Waals surface area contributed by atoms with Crippen LogP contribution < -0.4 is 22.3 Å². The maximum Gasteiger partial charge on any atom is 0.330 e. The number of nitrogens with two attached hydrogens (primary N) is 1. The third-order valence-corrected chi connectivity index (χ3v) is 5.93. The van der Waals surface area contributed by atoms with E-state index >= 15 is 0 Å². The van der Waals surface area contributed by atoms with Crippen molar-refractivity contribution in [3.05, 3.63) is 57.6 Å². The molecule has 1 aromatic rings. The molecule has 2 aliphatic rings. The number of carboxylic acid groups (broad SMARTS) is 1. The number of aromatic amines is 1. The molecule has 3 heterocycles. The molecule has 8 N–H and O–H groups in total. The number of nitrogens with one attached hydrogen (secondary N) is 2. The van der Waals surface area contributed by atoms with Gasteiger partial charge in [-0.05, 0) is 12.5 Å². The highest BCUT2D eigenvalue weighted by atomic mass is 16.7. The van der Waals surface area contributed by atoms with Gasteiger partial charge in [0.2, 0.25) is 12.2 Å². The lowest BCUT2D eigenvalue weighted by Crippen LogP contribution is -2.54. The lowest BCUT2D eigenvalue weighted by atomic mass is 10.0. The van der Waals surface area contributed by atoms with Gasteiger partial charge in [0.25, 0.3) is 11.5 Å². The number of amides is 2. The Labute approximate surface area is 219 Å². The zero-order chi connectivity index (χ0) is 29.0. The van der Waals surface area contributed by atoms with Crippen LogP contribution in [0.2, 0.25) is 0 Å². The Balaban J connectivity index is 1.84. The molecule has 17 heteroatoms. The van der Waals surface area contributed by atoms with E-state index in [1.54, 1.807) is 0 Å². The number of hydrogen-bond acceptors (Lipinski definition) is 12. The van der Waals surface area contributed by atoms with Gasteiger partial charge in [-0.25, -0.2) is 9.59 Å². The topological polar surface area (TPSA) is 262 Å². The number of ether oxygens (including phenoxy) is 4. The van der Waals surface area contributed by atoms with Crippen LogP contribution in [0.3, 0.4) is 0 Å². The summed E-state index contributed by atoms with van der Waals surface area (Å²) in [6, 6.07) is -0.393. The molecule has 1 fully saturated rings. The van der Waals surface area contributed by atoms with Crippen molar-refractivity contribution in [1.29, 1.82) is 0 Å². The number of aliphatic hydroxyl groups is 3. The van der Waals surface area contributed by atoms with Crippen LogP contribution in [0.15, 0.2) is 46.3 Å². The normalized spacial score (nSPS) is 29.9. The van der Waals surface area contributed by atoms with Crippen molar-refractivity contribution in [3.63, 3.8) is 0 Å². The first kappa shape index (κ1) is 29.7. The number of nitrogens with zero attached hydrogens (tertiary/aromatic N) is 1. The number of H-pyrrole nitrogens is 1. The highest BCUT2D eigenvalue weighted by molar-refractivity contribution is 5.94.